The molecule has 0 bridgehead atoms. The lowest BCUT2D eigenvalue weighted by Crippen LogP contribution is -2.29. The second kappa shape index (κ2) is 4.71. The van der Waals surface area contributed by atoms with E-state index in [9.17, 15) is 0 Å². The van der Waals surface area contributed by atoms with Gasteiger partial charge in [-0.05, 0) is 44.6 Å². The van der Waals surface area contributed by atoms with E-state index >= 15 is 0 Å². The Morgan fingerprint density at radius 3 is 2.78 bits per heavy atom. The number of aromatic nitrogens is 2. The van der Waals surface area contributed by atoms with E-state index in [1.807, 2.05) is 0 Å². The molecule has 0 aliphatic carbocycles. The second-order valence-corrected chi connectivity index (χ2v) is 5.25. The minimum absolute atomic E-state index is 0.581. The van der Waals surface area contributed by atoms with Gasteiger partial charge in [-0.1, -0.05) is 6.07 Å². The van der Waals surface area contributed by atoms with Crippen LogP contribution in [-0.2, 0) is 6.54 Å². The first-order valence-corrected chi connectivity index (χ1v) is 6.62. The van der Waals surface area contributed by atoms with Crippen molar-refractivity contribution < 1.29 is 0 Å². The summed E-state index contributed by atoms with van der Waals surface area (Å²) >= 11 is 0. The zero-order valence-corrected chi connectivity index (χ0v) is 10.8. The third-order valence-electron chi connectivity index (χ3n) is 3.90. The minimum atomic E-state index is 0.581. The average Bonchev–Trinajstić information content (AvgIpc) is 2.82. The summed E-state index contributed by atoms with van der Waals surface area (Å²) in [6.45, 7) is 2.93. The first kappa shape index (κ1) is 11.7. The second-order valence-electron chi connectivity index (χ2n) is 5.25. The van der Waals surface area contributed by atoms with Gasteiger partial charge >= 0.3 is 0 Å². The number of rotatable bonds is 2. The molecular weight excluding hydrogens is 224 g/mol. The van der Waals surface area contributed by atoms with Crippen LogP contribution in [0.2, 0.25) is 0 Å². The van der Waals surface area contributed by atoms with E-state index in [-0.39, 0.29) is 0 Å². The fraction of sp³-hybridized carbons (Fsp3) is 0.500. The van der Waals surface area contributed by atoms with E-state index in [4.69, 9.17) is 10.7 Å². The molecule has 18 heavy (non-hydrogen) atoms. The highest BCUT2D eigenvalue weighted by Crippen LogP contribution is 2.27. The van der Waals surface area contributed by atoms with Gasteiger partial charge in [-0.3, -0.25) is 0 Å². The molecule has 1 aliphatic heterocycles. The number of likely N-dealkylation sites (tertiary alicyclic amines) is 1. The lowest BCUT2D eigenvalue weighted by Gasteiger charge is -2.27. The monoisotopic (exact) mass is 244 g/mol. The molecule has 0 aromatic carbocycles. The molecule has 1 aliphatic rings. The van der Waals surface area contributed by atoms with Crippen LogP contribution in [-0.4, -0.2) is 34.4 Å². The summed E-state index contributed by atoms with van der Waals surface area (Å²) in [5.41, 5.74) is 9.08. The van der Waals surface area contributed by atoms with Crippen LogP contribution in [0.4, 0.5) is 0 Å². The van der Waals surface area contributed by atoms with Crippen molar-refractivity contribution in [1.82, 2.24) is 14.3 Å². The molecule has 1 saturated heterocycles. The predicted octanol–water partition coefficient (Wildman–Crippen LogP) is 1.60. The number of hydrogen-bond acceptors (Lipinski definition) is 3. The Hall–Kier alpha value is -1.39. The minimum Gasteiger partial charge on any atom is -0.326 e. The highest BCUT2D eigenvalue weighted by molar-refractivity contribution is 5.42. The first-order valence-electron chi connectivity index (χ1n) is 6.62. The molecule has 96 valence electrons. The molecule has 0 unspecified atom stereocenters. The van der Waals surface area contributed by atoms with E-state index in [0.29, 0.717) is 12.5 Å². The van der Waals surface area contributed by atoms with Crippen molar-refractivity contribution in [3.8, 4) is 0 Å². The molecule has 2 aromatic heterocycles. The van der Waals surface area contributed by atoms with Crippen LogP contribution < -0.4 is 5.73 Å². The number of imidazole rings is 1. The standard InChI is InChI=1S/C14H20N4/c1-17-6-4-12(5-7-17)13-10-18-9-11(8-15)2-3-14(18)16-13/h2-3,9-10,12H,4-8,15H2,1H3. The molecule has 4 nitrogen and oxygen atoms in total. The van der Waals surface area contributed by atoms with Gasteiger partial charge in [0.05, 0.1) is 5.69 Å². The first-order chi connectivity index (χ1) is 8.76. The van der Waals surface area contributed by atoms with E-state index in [2.05, 4.69) is 40.9 Å². The molecule has 3 rings (SSSR count). The van der Waals surface area contributed by atoms with Gasteiger partial charge in [0.25, 0.3) is 0 Å². The highest BCUT2D eigenvalue weighted by atomic mass is 15.1. The van der Waals surface area contributed by atoms with Crippen molar-refractivity contribution in [1.29, 1.82) is 0 Å². The van der Waals surface area contributed by atoms with Crippen molar-refractivity contribution in [2.24, 2.45) is 5.73 Å². The van der Waals surface area contributed by atoms with Gasteiger partial charge in [-0.25, -0.2) is 4.98 Å². The third-order valence-corrected chi connectivity index (χ3v) is 3.90. The van der Waals surface area contributed by atoms with Crippen molar-refractivity contribution >= 4 is 5.65 Å². The molecule has 3 heterocycles. The van der Waals surface area contributed by atoms with Gasteiger partial charge in [0, 0.05) is 24.9 Å². The molecule has 0 spiro atoms. The molecule has 2 N–H and O–H groups in total. The van der Waals surface area contributed by atoms with Crippen LogP contribution in [0.25, 0.3) is 5.65 Å². The van der Waals surface area contributed by atoms with Crippen molar-refractivity contribution in [2.45, 2.75) is 25.3 Å². The Morgan fingerprint density at radius 2 is 2.06 bits per heavy atom. The van der Waals surface area contributed by atoms with Gasteiger partial charge in [-0.15, -0.1) is 0 Å². The smallest absolute Gasteiger partial charge is 0.137 e. The number of nitrogens with two attached hydrogens (primary N) is 1. The summed E-state index contributed by atoms with van der Waals surface area (Å²) in [4.78, 5) is 7.13. The molecule has 0 saturated carbocycles. The summed E-state index contributed by atoms with van der Waals surface area (Å²) in [5.74, 6) is 0.613. The maximum Gasteiger partial charge on any atom is 0.137 e. The lowest BCUT2D eigenvalue weighted by molar-refractivity contribution is 0.253. The van der Waals surface area contributed by atoms with Crippen LogP contribution in [0.5, 0.6) is 0 Å². The van der Waals surface area contributed by atoms with Crippen molar-refractivity contribution in [2.75, 3.05) is 20.1 Å². The van der Waals surface area contributed by atoms with E-state index in [0.717, 1.165) is 11.2 Å². The molecular formula is C14H20N4. The molecule has 0 amide bonds. The van der Waals surface area contributed by atoms with Gasteiger partial charge < -0.3 is 15.0 Å². The van der Waals surface area contributed by atoms with Crippen LogP contribution in [0, 0.1) is 0 Å². The summed E-state index contributed by atoms with van der Waals surface area (Å²) < 4.78 is 2.11. The maximum absolute atomic E-state index is 5.67. The van der Waals surface area contributed by atoms with Gasteiger partial charge in [0.15, 0.2) is 0 Å². The third kappa shape index (κ3) is 2.13. The van der Waals surface area contributed by atoms with E-state index in [1.165, 1.54) is 31.6 Å². The Morgan fingerprint density at radius 1 is 1.28 bits per heavy atom. The van der Waals surface area contributed by atoms with E-state index < -0.39 is 0 Å². The summed E-state index contributed by atoms with van der Waals surface area (Å²) in [7, 11) is 2.19. The van der Waals surface area contributed by atoms with Crippen LogP contribution in [0.3, 0.4) is 0 Å². The molecule has 2 aromatic rings. The van der Waals surface area contributed by atoms with Crippen LogP contribution in [0.1, 0.15) is 30.0 Å². The average molecular weight is 244 g/mol. The molecule has 4 heteroatoms. The number of nitrogens with zero attached hydrogens (tertiary/aromatic N) is 3. The maximum atomic E-state index is 5.67. The van der Waals surface area contributed by atoms with Crippen LogP contribution in [0.15, 0.2) is 24.5 Å². The molecule has 0 radical (unpaired) electrons. The number of fused-ring (bicyclic) bond motifs is 1. The van der Waals surface area contributed by atoms with Gasteiger partial charge in [0.1, 0.15) is 5.65 Å². The normalized spacial score (nSPS) is 18.6. The Balaban J connectivity index is 1.88. The fourth-order valence-corrected chi connectivity index (χ4v) is 2.68. The molecule has 1 fully saturated rings. The molecule has 0 atom stereocenters. The zero-order chi connectivity index (χ0) is 12.5. The SMILES string of the molecule is CN1CCC(c2cn3cc(CN)ccc3n2)CC1. The predicted molar refractivity (Wildman–Crippen MR) is 72.6 cm³/mol. The summed E-state index contributed by atoms with van der Waals surface area (Å²) in [6.07, 6.45) is 6.68. The lowest BCUT2D eigenvalue weighted by atomic mass is 9.94. The Labute approximate surface area is 107 Å². The largest absolute Gasteiger partial charge is 0.326 e. The topological polar surface area (TPSA) is 46.6 Å². The van der Waals surface area contributed by atoms with Crippen molar-refractivity contribution in [3.05, 3.63) is 35.8 Å². The summed E-state index contributed by atoms with van der Waals surface area (Å²) in [6, 6.07) is 4.11. The zero-order valence-electron chi connectivity index (χ0n) is 10.8. The van der Waals surface area contributed by atoms with E-state index in [1.54, 1.807) is 0 Å². The fourth-order valence-electron chi connectivity index (χ4n) is 2.68. The Bertz CT molecular complexity index is 538. The number of pyridine rings is 1. The van der Waals surface area contributed by atoms with Gasteiger partial charge in [-0.2, -0.15) is 0 Å². The van der Waals surface area contributed by atoms with Crippen LogP contribution >= 0.6 is 0 Å². The van der Waals surface area contributed by atoms with Gasteiger partial charge in [0.2, 0.25) is 0 Å². The number of piperidine rings is 1. The Kier molecular flexibility index (Phi) is 3.06. The summed E-state index contributed by atoms with van der Waals surface area (Å²) in [5, 5.41) is 0. The number of hydrogen-bond donors (Lipinski definition) is 1. The highest BCUT2D eigenvalue weighted by Gasteiger charge is 2.20. The van der Waals surface area contributed by atoms with Crippen molar-refractivity contribution in [3.63, 3.8) is 0 Å². The quantitative estimate of drug-likeness (QED) is 0.873.